The normalized spacial score (nSPS) is 22.9. The van der Waals surface area contributed by atoms with Gasteiger partial charge in [0.2, 0.25) is 0 Å². The smallest absolute Gasteiger partial charge is 0.161 e. The molecule has 0 bridgehead atoms. The quantitative estimate of drug-likeness (QED) is 0.371. The van der Waals surface area contributed by atoms with Crippen molar-refractivity contribution < 1.29 is 24.4 Å². The van der Waals surface area contributed by atoms with Crippen LogP contribution in [-0.2, 0) is 17.7 Å². The van der Waals surface area contributed by atoms with Crippen molar-refractivity contribution in [3.8, 4) is 11.5 Å². The van der Waals surface area contributed by atoms with Crippen molar-refractivity contribution in [2.24, 2.45) is 0 Å². The average Bonchev–Trinajstić information content (AvgIpc) is 3.38. The summed E-state index contributed by atoms with van der Waals surface area (Å²) in [5, 5.41) is 20.7. The molecule has 1 aliphatic carbocycles. The first-order chi connectivity index (χ1) is 18.9. The molecular weight excluding hydrogens is 492 g/mol. The summed E-state index contributed by atoms with van der Waals surface area (Å²) in [6.07, 6.45) is 5.81. The van der Waals surface area contributed by atoms with Gasteiger partial charge in [0.05, 0.1) is 25.9 Å². The maximum atomic E-state index is 10.7. The first kappa shape index (κ1) is 29.8. The molecule has 0 amide bonds. The van der Waals surface area contributed by atoms with Crippen LogP contribution in [0.15, 0.2) is 48.5 Å². The largest absolute Gasteiger partial charge is 0.493 e. The molecule has 39 heavy (non-hydrogen) atoms. The molecule has 2 unspecified atom stereocenters. The number of aliphatic hydroxyl groups excluding tert-OH is 2. The lowest BCUT2D eigenvalue weighted by atomic mass is 9.91. The molecule has 0 aromatic heterocycles. The first-order valence-electron chi connectivity index (χ1n) is 14.7. The number of methoxy groups -OCH3 is 1. The van der Waals surface area contributed by atoms with Crippen LogP contribution in [0.2, 0.25) is 0 Å². The fraction of sp³-hybridized carbons (Fsp3) is 0.625. The fourth-order valence-corrected chi connectivity index (χ4v) is 5.86. The van der Waals surface area contributed by atoms with Gasteiger partial charge < -0.3 is 24.4 Å². The Kier molecular flexibility index (Phi) is 11.5. The van der Waals surface area contributed by atoms with E-state index in [0.717, 1.165) is 50.9 Å². The minimum Gasteiger partial charge on any atom is -0.493 e. The summed E-state index contributed by atoms with van der Waals surface area (Å²) in [6.45, 7) is 8.22. The molecule has 2 aliphatic rings. The summed E-state index contributed by atoms with van der Waals surface area (Å²) in [5.41, 5.74) is 2.37. The standard InChI is InChI=1S/C32H48N2O5/c1-24(2)34(20-26-9-5-4-6-10-26)22-28(36)23-39-31-14-13-25(19-32(31)37-3)16-18-38-30-12-8-7-11-29(30)33-17-15-27(35)21-33/h4-6,9-10,13-14,19,24,27-30,35-36H,7-8,11-12,15-18,20-23H2,1-3H3/t27-,28?,29?,30+/m1/s1. The van der Waals surface area contributed by atoms with Crippen molar-refractivity contribution in [1.29, 1.82) is 0 Å². The minimum absolute atomic E-state index is 0.190. The number of likely N-dealkylation sites (tertiary alicyclic amines) is 1. The van der Waals surface area contributed by atoms with Gasteiger partial charge in [-0.1, -0.05) is 49.2 Å². The van der Waals surface area contributed by atoms with E-state index in [2.05, 4.69) is 41.8 Å². The Labute approximate surface area is 234 Å². The van der Waals surface area contributed by atoms with Gasteiger partial charge in [0.1, 0.15) is 12.7 Å². The number of rotatable bonds is 14. The van der Waals surface area contributed by atoms with Gasteiger partial charge in [-0.05, 0) is 62.8 Å². The summed E-state index contributed by atoms with van der Waals surface area (Å²) in [7, 11) is 1.65. The van der Waals surface area contributed by atoms with Crippen molar-refractivity contribution in [3.63, 3.8) is 0 Å². The van der Waals surface area contributed by atoms with Gasteiger partial charge >= 0.3 is 0 Å². The molecule has 0 spiro atoms. The molecular formula is C32H48N2O5. The average molecular weight is 541 g/mol. The van der Waals surface area contributed by atoms with Crippen LogP contribution in [0.4, 0.5) is 0 Å². The molecule has 7 nitrogen and oxygen atoms in total. The van der Waals surface area contributed by atoms with Crippen LogP contribution in [0.1, 0.15) is 57.1 Å². The van der Waals surface area contributed by atoms with E-state index in [4.69, 9.17) is 14.2 Å². The maximum absolute atomic E-state index is 10.7. The highest BCUT2D eigenvalue weighted by atomic mass is 16.5. The number of nitrogens with zero attached hydrogens (tertiary/aromatic N) is 2. The summed E-state index contributed by atoms with van der Waals surface area (Å²) < 4.78 is 18.0. The molecule has 216 valence electrons. The SMILES string of the molecule is COc1cc(CCO[C@H]2CCCCC2N2CC[C@@H](O)C2)ccc1OCC(O)CN(Cc1ccccc1)C(C)C. The Balaban J connectivity index is 1.25. The summed E-state index contributed by atoms with van der Waals surface area (Å²) in [4.78, 5) is 4.69. The van der Waals surface area contributed by atoms with Crippen molar-refractivity contribution in [2.75, 3.05) is 40.0 Å². The molecule has 1 saturated heterocycles. The number of β-amino-alcohol motifs (C(OH)–C–C–N with tert-alkyl or cyclic N) is 1. The van der Waals surface area contributed by atoms with Gasteiger partial charge in [-0.25, -0.2) is 0 Å². The molecule has 2 aromatic rings. The van der Waals surface area contributed by atoms with Crippen molar-refractivity contribution in [2.45, 2.75) is 89.3 Å². The second-order valence-corrected chi connectivity index (χ2v) is 11.4. The number of aliphatic hydroxyl groups is 2. The Morgan fingerprint density at radius 2 is 1.79 bits per heavy atom. The van der Waals surface area contributed by atoms with Crippen LogP contribution < -0.4 is 9.47 Å². The van der Waals surface area contributed by atoms with Gasteiger partial charge in [-0.3, -0.25) is 9.80 Å². The van der Waals surface area contributed by atoms with E-state index in [0.29, 0.717) is 36.7 Å². The van der Waals surface area contributed by atoms with Crippen LogP contribution in [0.3, 0.4) is 0 Å². The Hall–Kier alpha value is -2.16. The zero-order valence-electron chi connectivity index (χ0n) is 24.0. The summed E-state index contributed by atoms with van der Waals surface area (Å²) in [6, 6.07) is 17.1. The second kappa shape index (κ2) is 15.0. The highest BCUT2D eigenvalue weighted by molar-refractivity contribution is 5.43. The molecule has 4 rings (SSSR count). The van der Waals surface area contributed by atoms with E-state index >= 15 is 0 Å². The topological polar surface area (TPSA) is 74.6 Å². The van der Waals surface area contributed by atoms with E-state index in [1.165, 1.54) is 18.4 Å². The molecule has 1 saturated carbocycles. The Bertz CT molecular complexity index is 988. The molecule has 1 aliphatic heterocycles. The summed E-state index contributed by atoms with van der Waals surface area (Å²) >= 11 is 0. The molecule has 1 heterocycles. The molecule has 4 atom stereocenters. The lowest BCUT2D eigenvalue weighted by Crippen LogP contribution is -2.46. The molecule has 2 fully saturated rings. The van der Waals surface area contributed by atoms with Crippen molar-refractivity contribution in [1.82, 2.24) is 9.80 Å². The Morgan fingerprint density at radius 3 is 2.51 bits per heavy atom. The number of hydrogen-bond donors (Lipinski definition) is 2. The zero-order valence-corrected chi connectivity index (χ0v) is 24.0. The third-order valence-corrected chi connectivity index (χ3v) is 8.12. The Morgan fingerprint density at radius 1 is 1.00 bits per heavy atom. The second-order valence-electron chi connectivity index (χ2n) is 11.4. The van der Waals surface area contributed by atoms with E-state index in [9.17, 15) is 10.2 Å². The van der Waals surface area contributed by atoms with Crippen LogP contribution in [0.5, 0.6) is 11.5 Å². The number of ether oxygens (including phenoxy) is 3. The van der Waals surface area contributed by atoms with Gasteiger partial charge in [-0.15, -0.1) is 0 Å². The number of hydrogen-bond acceptors (Lipinski definition) is 7. The fourth-order valence-electron chi connectivity index (χ4n) is 5.86. The van der Waals surface area contributed by atoms with Crippen LogP contribution in [0, 0.1) is 0 Å². The minimum atomic E-state index is -0.617. The lowest BCUT2D eigenvalue weighted by molar-refractivity contribution is -0.0316. The van der Waals surface area contributed by atoms with E-state index in [1.807, 2.05) is 30.3 Å². The molecule has 0 radical (unpaired) electrons. The predicted octanol–water partition coefficient (Wildman–Crippen LogP) is 4.28. The lowest BCUT2D eigenvalue weighted by Gasteiger charge is -2.37. The first-order valence-corrected chi connectivity index (χ1v) is 14.7. The predicted molar refractivity (Wildman–Crippen MR) is 154 cm³/mol. The van der Waals surface area contributed by atoms with Gasteiger partial charge in [0.15, 0.2) is 11.5 Å². The highest BCUT2D eigenvalue weighted by Gasteiger charge is 2.34. The molecule has 7 heteroatoms. The zero-order chi connectivity index (χ0) is 27.6. The summed E-state index contributed by atoms with van der Waals surface area (Å²) in [5.74, 6) is 1.31. The third-order valence-electron chi connectivity index (χ3n) is 8.12. The van der Waals surface area contributed by atoms with Crippen LogP contribution >= 0.6 is 0 Å². The van der Waals surface area contributed by atoms with Gasteiger partial charge in [0.25, 0.3) is 0 Å². The van der Waals surface area contributed by atoms with E-state index < -0.39 is 6.10 Å². The van der Waals surface area contributed by atoms with E-state index in [1.54, 1.807) is 7.11 Å². The number of benzene rings is 2. The third kappa shape index (κ3) is 8.92. The van der Waals surface area contributed by atoms with Crippen LogP contribution in [0.25, 0.3) is 0 Å². The van der Waals surface area contributed by atoms with Gasteiger partial charge in [-0.2, -0.15) is 0 Å². The molecule has 2 aromatic carbocycles. The molecule has 2 N–H and O–H groups in total. The maximum Gasteiger partial charge on any atom is 0.161 e. The van der Waals surface area contributed by atoms with Gasteiger partial charge in [0, 0.05) is 38.3 Å². The van der Waals surface area contributed by atoms with Crippen molar-refractivity contribution in [3.05, 3.63) is 59.7 Å². The van der Waals surface area contributed by atoms with Crippen molar-refractivity contribution >= 4 is 0 Å². The highest BCUT2D eigenvalue weighted by Crippen LogP contribution is 2.30. The van der Waals surface area contributed by atoms with Crippen LogP contribution in [-0.4, -0.2) is 90.4 Å². The van der Waals surface area contributed by atoms with E-state index in [-0.39, 0.29) is 18.8 Å². The monoisotopic (exact) mass is 540 g/mol.